The number of amides is 1. The highest BCUT2D eigenvalue weighted by Crippen LogP contribution is 2.25. The van der Waals surface area contributed by atoms with Crippen LogP contribution in [0.1, 0.15) is 11.4 Å². The number of aromatic nitrogens is 3. The lowest BCUT2D eigenvalue weighted by atomic mass is 10.2. The lowest BCUT2D eigenvalue weighted by Crippen LogP contribution is -2.28. The minimum Gasteiger partial charge on any atom is -0.338 e. The van der Waals surface area contributed by atoms with E-state index in [4.69, 9.17) is 0 Å². The summed E-state index contributed by atoms with van der Waals surface area (Å²) in [7, 11) is 1.76. The van der Waals surface area contributed by atoms with Crippen LogP contribution in [0.15, 0.2) is 33.9 Å². The molecule has 0 atom stereocenters. The Morgan fingerprint density at radius 3 is 2.95 bits per heavy atom. The first-order valence-corrected chi connectivity index (χ1v) is 7.81. The number of rotatable bonds is 5. The van der Waals surface area contributed by atoms with Crippen LogP contribution >= 0.6 is 27.7 Å². The number of carbonyl (C=O) groups excluding carboxylic acids is 1. The van der Waals surface area contributed by atoms with E-state index in [0.717, 1.165) is 14.9 Å². The zero-order valence-electron chi connectivity index (χ0n) is 11.3. The molecule has 106 valence electrons. The Labute approximate surface area is 130 Å². The van der Waals surface area contributed by atoms with Gasteiger partial charge in [0.1, 0.15) is 12.2 Å². The van der Waals surface area contributed by atoms with E-state index in [1.165, 1.54) is 6.33 Å². The number of benzene rings is 1. The molecule has 1 aromatic carbocycles. The average Bonchev–Trinajstić information content (AvgIpc) is 2.90. The van der Waals surface area contributed by atoms with Crippen molar-refractivity contribution < 1.29 is 4.79 Å². The van der Waals surface area contributed by atoms with E-state index >= 15 is 0 Å². The lowest BCUT2D eigenvalue weighted by molar-refractivity contribution is -0.127. The number of nitrogens with one attached hydrogen (secondary N) is 1. The molecule has 0 unspecified atom stereocenters. The minimum atomic E-state index is 0.0636. The van der Waals surface area contributed by atoms with Gasteiger partial charge in [-0.05, 0) is 30.7 Å². The van der Waals surface area contributed by atoms with Gasteiger partial charge in [-0.15, -0.1) is 11.8 Å². The zero-order valence-corrected chi connectivity index (χ0v) is 13.7. The fraction of sp³-hybridized carbons (Fsp3) is 0.308. The Morgan fingerprint density at radius 2 is 2.30 bits per heavy atom. The van der Waals surface area contributed by atoms with Gasteiger partial charge >= 0.3 is 0 Å². The normalized spacial score (nSPS) is 10.6. The van der Waals surface area contributed by atoms with Crippen molar-refractivity contribution >= 4 is 33.6 Å². The molecule has 5 nitrogen and oxygen atoms in total. The number of hydrogen-bond acceptors (Lipinski definition) is 4. The molecule has 0 aliphatic rings. The molecule has 1 heterocycles. The molecule has 1 aromatic heterocycles. The van der Waals surface area contributed by atoms with Crippen LogP contribution in [0, 0.1) is 6.92 Å². The van der Waals surface area contributed by atoms with Crippen LogP contribution in [0.4, 0.5) is 0 Å². The molecule has 2 aromatic rings. The zero-order chi connectivity index (χ0) is 14.5. The molecule has 0 aliphatic carbocycles. The quantitative estimate of drug-likeness (QED) is 0.838. The van der Waals surface area contributed by atoms with Gasteiger partial charge in [0.2, 0.25) is 5.91 Å². The molecule has 1 amide bonds. The molecule has 0 saturated carbocycles. The summed E-state index contributed by atoms with van der Waals surface area (Å²) in [6.45, 7) is 2.48. The molecule has 0 radical (unpaired) electrons. The van der Waals surface area contributed by atoms with Gasteiger partial charge in [0.15, 0.2) is 0 Å². The minimum absolute atomic E-state index is 0.0636. The number of aryl methyl sites for hydroxylation is 1. The number of aromatic amines is 1. The standard InChI is InChI=1S/C13H15BrN4OS/c1-9-5-10(14)3-4-11(9)20-7-13(19)18(2)6-12-15-8-16-17-12/h3-5,8H,6-7H2,1-2H3,(H,15,16,17). The van der Waals surface area contributed by atoms with Gasteiger partial charge in [0, 0.05) is 16.4 Å². The summed E-state index contributed by atoms with van der Waals surface area (Å²) in [4.78, 5) is 18.8. The smallest absolute Gasteiger partial charge is 0.233 e. The second-order valence-electron chi connectivity index (χ2n) is 4.38. The van der Waals surface area contributed by atoms with Crippen molar-refractivity contribution in [2.24, 2.45) is 0 Å². The van der Waals surface area contributed by atoms with Crippen molar-refractivity contribution in [1.82, 2.24) is 20.1 Å². The first-order valence-electron chi connectivity index (χ1n) is 6.03. The molecule has 0 saturated heterocycles. The molecule has 2 rings (SSSR count). The fourth-order valence-corrected chi connectivity index (χ4v) is 3.07. The number of halogens is 1. The van der Waals surface area contributed by atoms with Crippen molar-refractivity contribution in [1.29, 1.82) is 0 Å². The van der Waals surface area contributed by atoms with Crippen molar-refractivity contribution in [3.05, 3.63) is 40.4 Å². The van der Waals surface area contributed by atoms with Gasteiger partial charge in [-0.2, -0.15) is 5.10 Å². The van der Waals surface area contributed by atoms with Crippen LogP contribution in [0.3, 0.4) is 0 Å². The number of hydrogen-bond donors (Lipinski definition) is 1. The van der Waals surface area contributed by atoms with E-state index in [1.807, 2.05) is 25.1 Å². The summed E-state index contributed by atoms with van der Waals surface area (Å²) >= 11 is 4.98. The Balaban J connectivity index is 1.88. The lowest BCUT2D eigenvalue weighted by Gasteiger charge is -2.15. The van der Waals surface area contributed by atoms with Crippen LogP contribution in [-0.4, -0.2) is 38.8 Å². The highest BCUT2D eigenvalue weighted by molar-refractivity contribution is 9.10. The van der Waals surface area contributed by atoms with Crippen LogP contribution in [0.5, 0.6) is 0 Å². The molecule has 7 heteroatoms. The summed E-state index contributed by atoms with van der Waals surface area (Å²) < 4.78 is 1.05. The molecular weight excluding hydrogens is 340 g/mol. The highest BCUT2D eigenvalue weighted by atomic mass is 79.9. The SMILES string of the molecule is Cc1cc(Br)ccc1SCC(=O)N(C)Cc1ncn[nH]1. The van der Waals surface area contributed by atoms with E-state index in [1.54, 1.807) is 23.7 Å². The second-order valence-corrected chi connectivity index (χ2v) is 6.31. The predicted molar refractivity (Wildman–Crippen MR) is 82.5 cm³/mol. The topological polar surface area (TPSA) is 61.9 Å². The van der Waals surface area contributed by atoms with Gasteiger partial charge in [-0.1, -0.05) is 15.9 Å². The average molecular weight is 355 g/mol. The third-order valence-corrected chi connectivity index (χ3v) is 4.42. The number of thioether (sulfide) groups is 1. The van der Waals surface area contributed by atoms with Gasteiger partial charge in [-0.3, -0.25) is 9.89 Å². The first-order chi connectivity index (χ1) is 9.56. The van der Waals surface area contributed by atoms with Crippen LogP contribution in [0.2, 0.25) is 0 Å². The van der Waals surface area contributed by atoms with Gasteiger partial charge < -0.3 is 4.90 Å². The molecule has 0 bridgehead atoms. The summed E-state index contributed by atoms with van der Waals surface area (Å²) in [5.41, 5.74) is 1.16. The van der Waals surface area contributed by atoms with E-state index in [9.17, 15) is 4.79 Å². The highest BCUT2D eigenvalue weighted by Gasteiger charge is 2.12. The maximum atomic E-state index is 12.1. The van der Waals surface area contributed by atoms with E-state index < -0.39 is 0 Å². The van der Waals surface area contributed by atoms with Crippen molar-refractivity contribution in [3.8, 4) is 0 Å². The summed E-state index contributed by atoms with van der Waals surface area (Å²) in [6.07, 6.45) is 1.44. The maximum absolute atomic E-state index is 12.1. The van der Waals surface area contributed by atoms with Crippen molar-refractivity contribution in [2.75, 3.05) is 12.8 Å². The van der Waals surface area contributed by atoms with Crippen molar-refractivity contribution in [2.45, 2.75) is 18.4 Å². The monoisotopic (exact) mass is 354 g/mol. The molecule has 0 fully saturated rings. The van der Waals surface area contributed by atoms with Gasteiger partial charge in [0.25, 0.3) is 0 Å². The summed E-state index contributed by atoms with van der Waals surface area (Å²) in [5.74, 6) is 1.16. The maximum Gasteiger partial charge on any atom is 0.233 e. The fourth-order valence-electron chi connectivity index (χ4n) is 1.64. The van der Waals surface area contributed by atoms with Crippen molar-refractivity contribution in [3.63, 3.8) is 0 Å². The van der Waals surface area contributed by atoms with Crippen LogP contribution in [-0.2, 0) is 11.3 Å². The second kappa shape index (κ2) is 6.90. The number of H-pyrrole nitrogens is 1. The Hall–Kier alpha value is -1.34. The van der Waals surface area contributed by atoms with E-state index in [-0.39, 0.29) is 5.91 Å². The van der Waals surface area contributed by atoms with Gasteiger partial charge in [0.05, 0.1) is 12.3 Å². The largest absolute Gasteiger partial charge is 0.338 e. The molecule has 0 aliphatic heterocycles. The Morgan fingerprint density at radius 1 is 1.50 bits per heavy atom. The molecule has 1 N–H and O–H groups in total. The van der Waals surface area contributed by atoms with Gasteiger partial charge in [-0.25, -0.2) is 4.98 Å². The molecule has 0 spiro atoms. The summed E-state index contributed by atoms with van der Waals surface area (Å²) in [5, 5.41) is 6.51. The Kier molecular flexibility index (Phi) is 5.19. The molecular formula is C13H15BrN4OS. The third-order valence-electron chi connectivity index (χ3n) is 2.77. The van der Waals surface area contributed by atoms with Crippen LogP contribution < -0.4 is 0 Å². The predicted octanol–water partition coefficient (Wildman–Crippen LogP) is 2.63. The van der Waals surface area contributed by atoms with E-state index in [0.29, 0.717) is 18.1 Å². The Bertz CT molecular complexity index is 588. The third kappa shape index (κ3) is 4.08. The molecule has 20 heavy (non-hydrogen) atoms. The summed E-state index contributed by atoms with van der Waals surface area (Å²) in [6, 6.07) is 6.05. The first kappa shape index (κ1) is 15.1. The van der Waals surface area contributed by atoms with Crippen LogP contribution in [0.25, 0.3) is 0 Å². The number of nitrogens with zero attached hydrogens (tertiary/aromatic N) is 3. The number of carbonyl (C=O) groups is 1. The van der Waals surface area contributed by atoms with E-state index in [2.05, 4.69) is 31.1 Å².